The molecule has 0 fully saturated rings. The van der Waals surface area contributed by atoms with Crippen LogP contribution in [0.4, 0.5) is 4.79 Å². The number of nitrogens with two attached hydrogens (primary N) is 1. The van der Waals surface area contributed by atoms with Gasteiger partial charge in [0.1, 0.15) is 11.5 Å². The highest BCUT2D eigenvalue weighted by Gasteiger charge is 2.03. The maximum Gasteiger partial charge on any atom is 0.338 e. The number of carbonyl (C=O) groups is 1. The van der Waals surface area contributed by atoms with Crippen LogP contribution in [-0.4, -0.2) is 22.8 Å². The Morgan fingerprint density at radius 1 is 1.30 bits per heavy atom. The number of amides is 2. The molecule has 0 radical (unpaired) electrons. The first-order valence-corrected chi connectivity index (χ1v) is 5.90. The van der Waals surface area contributed by atoms with E-state index in [1.54, 1.807) is 18.2 Å². The zero-order valence-corrected chi connectivity index (χ0v) is 10.6. The number of para-hydroxylation sites is 1. The van der Waals surface area contributed by atoms with Gasteiger partial charge in [0.2, 0.25) is 0 Å². The quantitative estimate of drug-likeness (QED) is 0.648. The van der Waals surface area contributed by atoms with Crippen LogP contribution in [0.2, 0.25) is 0 Å². The Hall–Kier alpha value is -2.73. The summed E-state index contributed by atoms with van der Waals surface area (Å²) in [4.78, 5) is 10.6. The smallest absolute Gasteiger partial charge is 0.338 e. The van der Waals surface area contributed by atoms with Gasteiger partial charge in [-0.3, -0.25) is 5.21 Å². The fourth-order valence-corrected chi connectivity index (χ4v) is 1.44. The van der Waals surface area contributed by atoms with Crippen molar-refractivity contribution >= 4 is 12.1 Å². The number of hydrogen-bond acceptors (Lipinski definition) is 4. The van der Waals surface area contributed by atoms with Gasteiger partial charge in [0.25, 0.3) is 5.95 Å². The number of primary amides is 1. The van der Waals surface area contributed by atoms with Crippen molar-refractivity contribution in [2.75, 3.05) is 6.54 Å². The first kappa shape index (κ1) is 13.7. The molecule has 0 saturated heterocycles. The molecule has 0 spiro atoms. The maximum atomic E-state index is 10.6. The molecular weight excluding hydrogens is 260 g/mol. The number of carbonyl (C=O) groups excluding carboxylic acids is 1. The summed E-state index contributed by atoms with van der Waals surface area (Å²) in [6.07, 6.45) is 3.14. The molecule has 0 aliphatic rings. The van der Waals surface area contributed by atoms with Crippen LogP contribution in [0.1, 0.15) is 5.76 Å². The third-order valence-electron chi connectivity index (χ3n) is 2.38. The second-order valence-electron chi connectivity index (χ2n) is 3.89. The van der Waals surface area contributed by atoms with Crippen LogP contribution in [0.3, 0.4) is 0 Å². The number of furan rings is 1. The number of nitrogens with zero attached hydrogens (tertiary/aromatic N) is 1. The van der Waals surface area contributed by atoms with E-state index in [2.05, 4.69) is 0 Å². The summed E-state index contributed by atoms with van der Waals surface area (Å²) in [5.74, 6) is 1.56. The predicted molar refractivity (Wildman–Crippen MR) is 72.3 cm³/mol. The molecule has 104 valence electrons. The molecule has 2 aromatic rings. The Morgan fingerprint density at radius 2 is 2.05 bits per heavy atom. The summed E-state index contributed by atoms with van der Waals surface area (Å²) < 4.78 is 10.9. The first-order valence-electron chi connectivity index (χ1n) is 5.90. The SMILES string of the molecule is NC(=O)N(O)CC=Cc1ccc(Oc2ccccc2)o1. The van der Waals surface area contributed by atoms with E-state index in [4.69, 9.17) is 20.1 Å². The number of hydroxylamine groups is 2. The van der Waals surface area contributed by atoms with E-state index >= 15 is 0 Å². The highest BCUT2D eigenvalue weighted by atomic mass is 16.6. The van der Waals surface area contributed by atoms with E-state index in [-0.39, 0.29) is 6.54 Å². The number of ether oxygens (including phenoxy) is 1. The van der Waals surface area contributed by atoms with E-state index in [1.165, 1.54) is 6.08 Å². The molecule has 0 saturated carbocycles. The van der Waals surface area contributed by atoms with E-state index in [0.29, 0.717) is 22.5 Å². The summed E-state index contributed by atoms with van der Waals surface area (Å²) in [5, 5.41) is 9.45. The largest absolute Gasteiger partial charge is 0.426 e. The van der Waals surface area contributed by atoms with Crippen molar-refractivity contribution in [2.24, 2.45) is 5.73 Å². The van der Waals surface area contributed by atoms with Gasteiger partial charge in [0.15, 0.2) is 0 Å². The van der Waals surface area contributed by atoms with Crippen molar-refractivity contribution in [2.45, 2.75) is 0 Å². The minimum Gasteiger partial charge on any atom is -0.426 e. The second kappa shape index (κ2) is 6.44. The number of hydrogen-bond donors (Lipinski definition) is 2. The standard InChI is InChI=1S/C14H14N2O4/c15-14(17)16(18)10-4-7-12-8-9-13(20-12)19-11-5-2-1-3-6-11/h1-9,18H,10H2,(H2,15,17). The Labute approximate surface area is 115 Å². The number of benzene rings is 1. The molecule has 6 heteroatoms. The van der Waals surface area contributed by atoms with E-state index in [0.717, 1.165) is 0 Å². The Balaban J connectivity index is 1.92. The summed E-state index contributed by atoms with van der Waals surface area (Å²) >= 11 is 0. The van der Waals surface area contributed by atoms with Crippen molar-refractivity contribution in [3.05, 3.63) is 54.3 Å². The predicted octanol–water partition coefficient (Wildman–Crippen LogP) is 2.86. The average Bonchev–Trinajstić information content (AvgIpc) is 2.87. The van der Waals surface area contributed by atoms with Gasteiger partial charge in [-0.1, -0.05) is 24.3 Å². The molecule has 2 rings (SSSR count). The highest BCUT2D eigenvalue weighted by molar-refractivity contribution is 5.70. The van der Waals surface area contributed by atoms with E-state index in [1.807, 2.05) is 30.3 Å². The molecule has 6 nitrogen and oxygen atoms in total. The van der Waals surface area contributed by atoms with Crippen LogP contribution in [0.5, 0.6) is 11.7 Å². The molecule has 0 aliphatic carbocycles. The lowest BCUT2D eigenvalue weighted by atomic mass is 10.3. The van der Waals surface area contributed by atoms with Gasteiger partial charge in [-0.15, -0.1) is 0 Å². The second-order valence-corrected chi connectivity index (χ2v) is 3.89. The highest BCUT2D eigenvalue weighted by Crippen LogP contribution is 2.23. The molecule has 1 aromatic carbocycles. The summed E-state index contributed by atoms with van der Waals surface area (Å²) in [5.41, 5.74) is 4.87. The molecule has 1 heterocycles. The molecule has 20 heavy (non-hydrogen) atoms. The van der Waals surface area contributed by atoms with Gasteiger partial charge in [-0.2, -0.15) is 0 Å². The lowest BCUT2D eigenvalue weighted by molar-refractivity contribution is -0.0286. The Morgan fingerprint density at radius 3 is 2.75 bits per heavy atom. The van der Waals surface area contributed by atoms with Crippen molar-refractivity contribution in [3.8, 4) is 11.7 Å². The van der Waals surface area contributed by atoms with Crippen LogP contribution in [-0.2, 0) is 0 Å². The molecule has 0 bridgehead atoms. The third kappa shape index (κ3) is 3.89. The first-order chi connectivity index (χ1) is 9.65. The normalized spacial score (nSPS) is 10.7. The molecule has 1 aromatic heterocycles. The fourth-order valence-electron chi connectivity index (χ4n) is 1.44. The van der Waals surface area contributed by atoms with Gasteiger partial charge >= 0.3 is 6.03 Å². The lowest BCUT2D eigenvalue weighted by Crippen LogP contribution is -2.32. The van der Waals surface area contributed by atoms with Crippen LogP contribution in [0.15, 0.2) is 53.0 Å². The maximum absolute atomic E-state index is 10.6. The van der Waals surface area contributed by atoms with Crippen LogP contribution in [0, 0.1) is 0 Å². The molecule has 0 atom stereocenters. The molecule has 0 unspecified atom stereocenters. The van der Waals surface area contributed by atoms with Gasteiger partial charge in [-0.25, -0.2) is 9.86 Å². The minimum absolute atomic E-state index is 0.0229. The molecular formula is C14H14N2O4. The topological polar surface area (TPSA) is 88.9 Å². The fraction of sp³-hybridized carbons (Fsp3) is 0.0714. The van der Waals surface area contributed by atoms with Gasteiger partial charge in [0.05, 0.1) is 6.54 Å². The van der Waals surface area contributed by atoms with Crippen LogP contribution in [0.25, 0.3) is 6.08 Å². The van der Waals surface area contributed by atoms with E-state index in [9.17, 15) is 4.79 Å². The number of rotatable bonds is 5. The van der Waals surface area contributed by atoms with Crippen molar-refractivity contribution in [3.63, 3.8) is 0 Å². The van der Waals surface area contributed by atoms with Gasteiger partial charge in [-0.05, 0) is 24.3 Å². The minimum atomic E-state index is -0.915. The summed E-state index contributed by atoms with van der Waals surface area (Å²) in [6, 6.07) is 11.7. The van der Waals surface area contributed by atoms with Crippen LogP contribution < -0.4 is 10.5 Å². The molecule has 2 amide bonds. The van der Waals surface area contributed by atoms with Gasteiger partial charge < -0.3 is 14.9 Å². The van der Waals surface area contributed by atoms with Crippen LogP contribution >= 0.6 is 0 Å². The van der Waals surface area contributed by atoms with Crippen molar-refractivity contribution in [1.82, 2.24) is 5.06 Å². The molecule has 0 aliphatic heterocycles. The third-order valence-corrected chi connectivity index (χ3v) is 2.38. The average molecular weight is 274 g/mol. The lowest BCUT2D eigenvalue weighted by Gasteiger charge is -2.07. The summed E-state index contributed by atoms with van der Waals surface area (Å²) in [7, 11) is 0. The number of urea groups is 1. The summed E-state index contributed by atoms with van der Waals surface area (Å²) in [6.45, 7) is -0.0229. The van der Waals surface area contributed by atoms with Gasteiger partial charge in [0, 0.05) is 6.07 Å². The van der Waals surface area contributed by atoms with Crippen molar-refractivity contribution in [1.29, 1.82) is 0 Å². The van der Waals surface area contributed by atoms with E-state index < -0.39 is 6.03 Å². The zero-order valence-electron chi connectivity index (χ0n) is 10.6. The van der Waals surface area contributed by atoms with Crippen molar-refractivity contribution < 1.29 is 19.2 Å². The Kier molecular flexibility index (Phi) is 4.41. The molecule has 3 N–H and O–H groups in total. The monoisotopic (exact) mass is 274 g/mol. The Bertz CT molecular complexity index is 592. The zero-order chi connectivity index (χ0) is 14.4.